The maximum Gasteiger partial charge on any atom is 0.198 e. The SMILES string of the molecule is Nc1ccc(C(=O)c2c[nH]c3cccc(F)c23)c(F)c1. The molecule has 0 radical (unpaired) electrons. The van der Waals surface area contributed by atoms with E-state index in [1.807, 2.05) is 0 Å². The summed E-state index contributed by atoms with van der Waals surface area (Å²) in [5.74, 6) is -1.83. The van der Waals surface area contributed by atoms with E-state index < -0.39 is 17.4 Å². The highest BCUT2D eigenvalue weighted by molar-refractivity contribution is 6.16. The van der Waals surface area contributed by atoms with Crippen LogP contribution in [-0.4, -0.2) is 10.8 Å². The normalized spacial score (nSPS) is 10.9. The molecule has 0 fully saturated rings. The highest BCUT2D eigenvalue weighted by Crippen LogP contribution is 2.25. The van der Waals surface area contributed by atoms with Crippen molar-refractivity contribution in [3.63, 3.8) is 0 Å². The molecule has 0 aliphatic rings. The number of halogens is 2. The van der Waals surface area contributed by atoms with Gasteiger partial charge in [0.2, 0.25) is 0 Å². The number of fused-ring (bicyclic) bond motifs is 1. The highest BCUT2D eigenvalue weighted by Gasteiger charge is 2.19. The third kappa shape index (κ3) is 1.84. The standard InChI is InChI=1S/C15H10F2N2O/c16-11-2-1-3-13-14(11)10(7-19-13)15(20)9-5-4-8(18)6-12(9)17/h1-7,19H,18H2. The summed E-state index contributed by atoms with van der Waals surface area (Å²) in [5, 5.41) is 0.161. The van der Waals surface area contributed by atoms with E-state index in [0.717, 1.165) is 6.07 Å². The number of nitrogens with two attached hydrogens (primary N) is 1. The number of nitrogens with one attached hydrogen (secondary N) is 1. The molecule has 3 rings (SSSR count). The number of carbonyl (C=O) groups is 1. The molecular weight excluding hydrogens is 262 g/mol. The Morgan fingerprint density at radius 3 is 2.60 bits per heavy atom. The molecule has 0 bridgehead atoms. The Kier molecular flexibility index (Phi) is 2.75. The topological polar surface area (TPSA) is 58.9 Å². The Balaban J connectivity index is 2.18. The van der Waals surface area contributed by atoms with Gasteiger partial charge in [0.05, 0.1) is 11.1 Å². The predicted molar refractivity (Wildman–Crippen MR) is 72.5 cm³/mol. The highest BCUT2D eigenvalue weighted by atomic mass is 19.1. The molecule has 0 unspecified atom stereocenters. The van der Waals surface area contributed by atoms with Crippen molar-refractivity contribution in [2.45, 2.75) is 0 Å². The molecule has 0 amide bonds. The number of aromatic nitrogens is 1. The number of anilines is 1. The molecule has 3 nitrogen and oxygen atoms in total. The lowest BCUT2D eigenvalue weighted by atomic mass is 10.0. The zero-order valence-electron chi connectivity index (χ0n) is 10.3. The van der Waals surface area contributed by atoms with Gasteiger partial charge in [0, 0.05) is 22.8 Å². The third-order valence-corrected chi connectivity index (χ3v) is 3.14. The van der Waals surface area contributed by atoms with Crippen LogP contribution in [0.1, 0.15) is 15.9 Å². The van der Waals surface area contributed by atoms with Crippen molar-refractivity contribution in [1.29, 1.82) is 0 Å². The lowest BCUT2D eigenvalue weighted by Gasteiger charge is -2.03. The van der Waals surface area contributed by atoms with E-state index in [0.29, 0.717) is 5.52 Å². The van der Waals surface area contributed by atoms with Crippen LogP contribution in [0.25, 0.3) is 10.9 Å². The number of H-pyrrole nitrogens is 1. The molecule has 0 aliphatic carbocycles. The average Bonchev–Trinajstić information content (AvgIpc) is 2.83. The van der Waals surface area contributed by atoms with Crippen molar-refractivity contribution in [2.75, 3.05) is 5.73 Å². The summed E-state index contributed by atoms with van der Waals surface area (Å²) >= 11 is 0. The van der Waals surface area contributed by atoms with Crippen LogP contribution >= 0.6 is 0 Å². The van der Waals surface area contributed by atoms with Gasteiger partial charge >= 0.3 is 0 Å². The average molecular weight is 272 g/mol. The summed E-state index contributed by atoms with van der Waals surface area (Å²) < 4.78 is 27.6. The summed E-state index contributed by atoms with van der Waals surface area (Å²) in [6.07, 6.45) is 1.38. The van der Waals surface area contributed by atoms with Gasteiger partial charge in [-0.15, -0.1) is 0 Å². The molecule has 3 aromatic rings. The molecule has 0 saturated heterocycles. The van der Waals surface area contributed by atoms with Crippen LogP contribution in [0.3, 0.4) is 0 Å². The van der Waals surface area contributed by atoms with E-state index in [4.69, 9.17) is 5.73 Å². The molecule has 1 heterocycles. The lowest BCUT2D eigenvalue weighted by molar-refractivity contribution is 0.103. The molecule has 0 atom stereocenters. The minimum absolute atomic E-state index is 0.0989. The van der Waals surface area contributed by atoms with Crippen LogP contribution < -0.4 is 5.73 Å². The first-order chi connectivity index (χ1) is 9.58. The van der Waals surface area contributed by atoms with Gasteiger partial charge in [-0.25, -0.2) is 8.78 Å². The lowest BCUT2D eigenvalue weighted by Crippen LogP contribution is -2.04. The van der Waals surface area contributed by atoms with Gasteiger partial charge in [-0.2, -0.15) is 0 Å². The second kappa shape index (κ2) is 4.45. The second-order valence-electron chi connectivity index (χ2n) is 4.43. The van der Waals surface area contributed by atoms with Crippen LogP contribution in [0.15, 0.2) is 42.6 Å². The monoisotopic (exact) mass is 272 g/mol. The van der Waals surface area contributed by atoms with Crippen molar-refractivity contribution in [3.8, 4) is 0 Å². The van der Waals surface area contributed by atoms with Gasteiger partial charge in [-0.1, -0.05) is 6.07 Å². The summed E-state index contributed by atoms with van der Waals surface area (Å²) in [6, 6.07) is 8.24. The Bertz CT molecular complexity index is 824. The molecule has 0 spiro atoms. The fraction of sp³-hybridized carbons (Fsp3) is 0. The van der Waals surface area contributed by atoms with Crippen molar-refractivity contribution in [3.05, 3.63) is 65.4 Å². The van der Waals surface area contributed by atoms with E-state index in [1.165, 1.54) is 30.5 Å². The zero-order valence-corrected chi connectivity index (χ0v) is 10.3. The van der Waals surface area contributed by atoms with Crippen LogP contribution in [0.2, 0.25) is 0 Å². The van der Waals surface area contributed by atoms with Crippen LogP contribution in [0.4, 0.5) is 14.5 Å². The summed E-state index contributed by atoms with van der Waals surface area (Å²) in [4.78, 5) is 15.1. The molecule has 1 aromatic heterocycles. The number of rotatable bonds is 2. The fourth-order valence-electron chi connectivity index (χ4n) is 2.18. The van der Waals surface area contributed by atoms with Gasteiger partial charge in [0.1, 0.15) is 11.6 Å². The molecule has 2 aromatic carbocycles. The van der Waals surface area contributed by atoms with Crippen LogP contribution in [0.5, 0.6) is 0 Å². The Hall–Kier alpha value is -2.69. The van der Waals surface area contributed by atoms with Crippen molar-refractivity contribution < 1.29 is 13.6 Å². The van der Waals surface area contributed by atoms with Gasteiger partial charge in [-0.3, -0.25) is 4.79 Å². The molecule has 5 heteroatoms. The molecular formula is C15H10F2N2O. The minimum atomic E-state index is -0.722. The molecule has 0 saturated carbocycles. The number of benzene rings is 2. The van der Waals surface area contributed by atoms with E-state index in [2.05, 4.69) is 4.98 Å². The number of hydrogen-bond donors (Lipinski definition) is 2. The van der Waals surface area contributed by atoms with Crippen LogP contribution in [0, 0.1) is 11.6 Å². The molecule has 3 N–H and O–H groups in total. The Labute approximate surface area is 113 Å². The van der Waals surface area contributed by atoms with Crippen molar-refractivity contribution >= 4 is 22.4 Å². The van der Waals surface area contributed by atoms with Crippen molar-refractivity contribution in [2.24, 2.45) is 0 Å². The zero-order chi connectivity index (χ0) is 14.3. The van der Waals surface area contributed by atoms with E-state index >= 15 is 0 Å². The van der Waals surface area contributed by atoms with Gasteiger partial charge in [0.25, 0.3) is 0 Å². The largest absolute Gasteiger partial charge is 0.399 e. The smallest absolute Gasteiger partial charge is 0.198 e. The Morgan fingerprint density at radius 1 is 1.05 bits per heavy atom. The summed E-state index contributed by atoms with van der Waals surface area (Å²) in [6.45, 7) is 0. The molecule has 20 heavy (non-hydrogen) atoms. The Morgan fingerprint density at radius 2 is 1.85 bits per heavy atom. The van der Waals surface area contributed by atoms with E-state index in [-0.39, 0.29) is 22.2 Å². The number of nitrogen functional groups attached to an aromatic ring is 1. The van der Waals surface area contributed by atoms with Gasteiger partial charge in [-0.05, 0) is 30.3 Å². The van der Waals surface area contributed by atoms with E-state index in [1.54, 1.807) is 6.07 Å². The van der Waals surface area contributed by atoms with Gasteiger partial charge in [0.15, 0.2) is 5.78 Å². The van der Waals surface area contributed by atoms with Crippen molar-refractivity contribution in [1.82, 2.24) is 4.98 Å². The fourth-order valence-corrected chi connectivity index (χ4v) is 2.18. The van der Waals surface area contributed by atoms with E-state index in [9.17, 15) is 13.6 Å². The number of ketones is 1. The maximum atomic E-state index is 13.8. The molecule has 0 aliphatic heterocycles. The first kappa shape index (κ1) is 12.3. The van der Waals surface area contributed by atoms with Gasteiger partial charge < -0.3 is 10.7 Å². The summed E-state index contributed by atoms with van der Waals surface area (Å²) in [7, 11) is 0. The maximum absolute atomic E-state index is 13.8. The van der Waals surface area contributed by atoms with Crippen LogP contribution in [-0.2, 0) is 0 Å². The summed E-state index contributed by atoms with van der Waals surface area (Å²) in [5.41, 5.74) is 6.12. The first-order valence-electron chi connectivity index (χ1n) is 5.93. The minimum Gasteiger partial charge on any atom is -0.399 e. The first-order valence-corrected chi connectivity index (χ1v) is 5.93. The number of hydrogen-bond acceptors (Lipinski definition) is 2. The third-order valence-electron chi connectivity index (χ3n) is 3.14. The predicted octanol–water partition coefficient (Wildman–Crippen LogP) is 3.26. The number of aromatic amines is 1. The second-order valence-corrected chi connectivity index (χ2v) is 4.43. The number of carbonyl (C=O) groups excluding carboxylic acids is 1. The quantitative estimate of drug-likeness (QED) is 0.555. The molecule has 100 valence electrons.